The van der Waals surface area contributed by atoms with E-state index in [1.54, 1.807) is 19.1 Å². The number of carbonyl (C=O) groups excluding carboxylic acids is 1. The molecule has 0 aliphatic heterocycles. The highest BCUT2D eigenvalue weighted by Crippen LogP contribution is 2.12. The lowest BCUT2D eigenvalue weighted by molar-refractivity contribution is 0.0526. The zero-order valence-corrected chi connectivity index (χ0v) is 12.5. The molecule has 21 heavy (non-hydrogen) atoms. The van der Waals surface area contributed by atoms with Gasteiger partial charge in [-0.3, -0.25) is 4.68 Å². The Morgan fingerprint density at radius 2 is 2.05 bits per heavy atom. The quantitative estimate of drug-likeness (QED) is 0.795. The van der Waals surface area contributed by atoms with E-state index in [9.17, 15) is 4.79 Å². The molecule has 1 heterocycles. The first-order chi connectivity index (χ1) is 10.2. The van der Waals surface area contributed by atoms with E-state index in [1.807, 2.05) is 29.2 Å². The number of aromatic nitrogens is 2. The predicted molar refractivity (Wildman–Crippen MR) is 82.2 cm³/mol. The third-order valence-electron chi connectivity index (χ3n) is 3.03. The lowest BCUT2D eigenvalue weighted by Crippen LogP contribution is -2.05. The van der Waals surface area contributed by atoms with Gasteiger partial charge in [-0.15, -0.1) is 0 Å². The van der Waals surface area contributed by atoms with E-state index in [0.717, 1.165) is 24.2 Å². The summed E-state index contributed by atoms with van der Waals surface area (Å²) >= 11 is 0. The molecule has 0 amide bonds. The molecule has 2 aromatic rings. The Labute approximate surface area is 124 Å². The maximum Gasteiger partial charge on any atom is 0.338 e. The van der Waals surface area contributed by atoms with Gasteiger partial charge < -0.3 is 10.1 Å². The largest absolute Gasteiger partial charge is 0.462 e. The zero-order valence-electron chi connectivity index (χ0n) is 12.5. The van der Waals surface area contributed by atoms with E-state index < -0.39 is 0 Å². The molecule has 0 saturated carbocycles. The second-order valence-electron chi connectivity index (χ2n) is 4.76. The van der Waals surface area contributed by atoms with Crippen molar-refractivity contribution >= 4 is 11.7 Å². The fourth-order valence-electron chi connectivity index (χ4n) is 1.99. The van der Waals surface area contributed by atoms with E-state index in [4.69, 9.17) is 4.74 Å². The molecule has 0 unspecified atom stereocenters. The average Bonchev–Trinajstić information content (AvgIpc) is 2.94. The van der Waals surface area contributed by atoms with Gasteiger partial charge in [0.05, 0.1) is 18.4 Å². The smallest absolute Gasteiger partial charge is 0.338 e. The molecule has 1 aromatic heterocycles. The van der Waals surface area contributed by atoms with Crippen molar-refractivity contribution in [2.24, 2.45) is 0 Å². The van der Waals surface area contributed by atoms with Crippen molar-refractivity contribution in [3.63, 3.8) is 0 Å². The number of ether oxygens (including phenoxy) is 1. The fourth-order valence-corrected chi connectivity index (χ4v) is 1.99. The Hall–Kier alpha value is -2.30. The summed E-state index contributed by atoms with van der Waals surface area (Å²) in [6.07, 6.45) is 4.99. The van der Waals surface area contributed by atoms with Crippen LogP contribution in [-0.2, 0) is 17.8 Å². The van der Waals surface area contributed by atoms with E-state index in [0.29, 0.717) is 18.7 Å². The maximum atomic E-state index is 11.5. The van der Waals surface area contributed by atoms with Crippen LogP contribution in [0.4, 0.5) is 5.69 Å². The molecule has 0 fully saturated rings. The Morgan fingerprint density at radius 1 is 1.29 bits per heavy atom. The highest BCUT2D eigenvalue weighted by atomic mass is 16.5. The molecule has 5 nitrogen and oxygen atoms in total. The molecule has 0 radical (unpaired) electrons. The molecule has 2 rings (SSSR count). The van der Waals surface area contributed by atoms with Gasteiger partial charge in [-0.2, -0.15) is 5.10 Å². The SMILES string of the molecule is CCCn1cc(CNc2ccc(C(=O)OCC)cc2)cn1. The summed E-state index contributed by atoms with van der Waals surface area (Å²) in [7, 11) is 0. The summed E-state index contributed by atoms with van der Waals surface area (Å²) in [5.74, 6) is -0.287. The first-order valence-electron chi connectivity index (χ1n) is 7.25. The standard InChI is InChI=1S/C16H21N3O2/c1-3-9-19-12-13(11-18-19)10-17-15-7-5-14(6-8-15)16(20)21-4-2/h5-8,11-12,17H,3-4,9-10H2,1-2H3. The van der Waals surface area contributed by atoms with Crippen LogP contribution in [0.3, 0.4) is 0 Å². The Morgan fingerprint density at radius 3 is 2.71 bits per heavy atom. The highest BCUT2D eigenvalue weighted by molar-refractivity contribution is 5.89. The average molecular weight is 287 g/mol. The summed E-state index contributed by atoms with van der Waals surface area (Å²) in [4.78, 5) is 11.5. The number of benzene rings is 1. The zero-order chi connectivity index (χ0) is 15.1. The number of aryl methyl sites for hydroxylation is 1. The molecule has 5 heteroatoms. The van der Waals surface area contributed by atoms with Gasteiger partial charge >= 0.3 is 5.97 Å². The highest BCUT2D eigenvalue weighted by Gasteiger charge is 2.05. The first-order valence-corrected chi connectivity index (χ1v) is 7.25. The van der Waals surface area contributed by atoms with Gasteiger partial charge in [0, 0.05) is 30.5 Å². The lowest BCUT2D eigenvalue weighted by Gasteiger charge is -2.06. The molecule has 0 saturated heterocycles. The van der Waals surface area contributed by atoms with Crippen LogP contribution in [0.5, 0.6) is 0 Å². The molecule has 0 aliphatic carbocycles. The third-order valence-corrected chi connectivity index (χ3v) is 3.03. The summed E-state index contributed by atoms with van der Waals surface area (Å²) < 4.78 is 6.90. The van der Waals surface area contributed by atoms with Gasteiger partial charge in [-0.05, 0) is 37.6 Å². The Kier molecular flexibility index (Phi) is 5.37. The normalized spacial score (nSPS) is 10.4. The maximum absolute atomic E-state index is 11.5. The van der Waals surface area contributed by atoms with Gasteiger partial charge in [0.15, 0.2) is 0 Å². The predicted octanol–water partition coefficient (Wildman–Crippen LogP) is 3.08. The minimum atomic E-state index is -0.287. The Balaban J connectivity index is 1.89. The number of nitrogens with zero attached hydrogens (tertiary/aromatic N) is 2. The van der Waals surface area contributed by atoms with Gasteiger partial charge in [0.1, 0.15) is 0 Å². The van der Waals surface area contributed by atoms with Crippen molar-refractivity contribution in [2.45, 2.75) is 33.4 Å². The number of rotatable bonds is 7. The van der Waals surface area contributed by atoms with Crippen molar-refractivity contribution in [3.05, 3.63) is 47.8 Å². The number of hydrogen-bond acceptors (Lipinski definition) is 4. The third kappa shape index (κ3) is 4.34. The molecule has 0 aliphatic rings. The van der Waals surface area contributed by atoms with Crippen LogP contribution in [0.2, 0.25) is 0 Å². The van der Waals surface area contributed by atoms with Crippen molar-refractivity contribution in [1.29, 1.82) is 0 Å². The van der Waals surface area contributed by atoms with E-state index >= 15 is 0 Å². The molecular weight excluding hydrogens is 266 g/mol. The number of anilines is 1. The molecule has 1 N–H and O–H groups in total. The topological polar surface area (TPSA) is 56.2 Å². The second kappa shape index (κ2) is 7.47. The van der Waals surface area contributed by atoms with Crippen LogP contribution in [0.1, 0.15) is 36.2 Å². The number of nitrogens with one attached hydrogen (secondary N) is 1. The molecule has 1 aromatic carbocycles. The second-order valence-corrected chi connectivity index (χ2v) is 4.76. The summed E-state index contributed by atoms with van der Waals surface area (Å²) in [6, 6.07) is 7.28. The Bertz CT molecular complexity index is 575. The molecule has 112 valence electrons. The van der Waals surface area contributed by atoms with Crippen LogP contribution < -0.4 is 5.32 Å². The number of carbonyl (C=O) groups is 1. The molecule has 0 atom stereocenters. The van der Waals surface area contributed by atoms with Gasteiger partial charge in [0.25, 0.3) is 0 Å². The minimum Gasteiger partial charge on any atom is -0.462 e. The minimum absolute atomic E-state index is 0.287. The number of hydrogen-bond donors (Lipinski definition) is 1. The van der Waals surface area contributed by atoms with Crippen LogP contribution in [0.15, 0.2) is 36.7 Å². The summed E-state index contributed by atoms with van der Waals surface area (Å²) in [5, 5.41) is 7.60. The van der Waals surface area contributed by atoms with Crippen LogP contribution in [0.25, 0.3) is 0 Å². The molecule has 0 spiro atoms. The fraction of sp³-hybridized carbons (Fsp3) is 0.375. The first kappa shape index (κ1) is 15.1. The number of esters is 1. The molecular formula is C16H21N3O2. The lowest BCUT2D eigenvalue weighted by atomic mass is 10.2. The van der Waals surface area contributed by atoms with Gasteiger partial charge in [-0.25, -0.2) is 4.79 Å². The van der Waals surface area contributed by atoms with E-state index in [1.165, 1.54) is 0 Å². The van der Waals surface area contributed by atoms with Crippen molar-refractivity contribution in [1.82, 2.24) is 9.78 Å². The van der Waals surface area contributed by atoms with Crippen LogP contribution in [-0.4, -0.2) is 22.4 Å². The summed E-state index contributed by atoms with van der Waals surface area (Å²) in [5.41, 5.74) is 2.67. The van der Waals surface area contributed by atoms with Crippen molar-refractivity contribution in [3.8, 4) is 0 Å². The van der Waals surface area contributed by atoms with E-state index in [2.05, 4.69) is 17.3 Å². The molecule has 0 bridgehead atoms. The van der Waals surface area contributed by atoms with E-state index in [-0.39, 0.29) is 5.97 Å². The van der Waals surface area contributed by atoms with Crippen LogP contribution >= 0.6 is 0 Å². The van der Waals surface area contributed by atoms with Crippen LogP contribution in [0, 0.1) is 0 Å². The summed E-state index contributed by atoms with van der Waals surface area (Å²) in [6.45, 7) is 5.97. The van der Waals surface area contributed by atoms with Gasteiger partial charge in [0.2, 0.25) is 0 Å². The van der Waals surface area contributed by atoms with Crippen molar-refractivity contribution in [2.75, 3.05) is 11.9 Å². The van der Waals surface area contributed by atoms with Crippen molar-refractivity contribution < 1.29 is 9.53 Å². The monoisotopic (exact) mass is 287 g/mol. The van der Waals surface area contributed by atoms with Gasteiger partial charge in [-0.1, -0.05) is 6.92 Å².